The van der Waals surface area contributed by atoms with Crippen LogP contribution in [0.5, 0.6) is 0 Å². The number of unbranched alkanes of at least 4 members (excludes halogenated alkanes) is 40. The van der Waals surface area contributed by atoms with Crippen molar-refractivity contribution in [3.05, 3.63) is 59.7 Å². The molecule has 2 aromatic rings. The van der Waals surface area contributed by atoms with Gasteiger partial charge in [-0.2, -0.15) is 0 Å². The molecule has 0 atom stereocenters. The van der Waals surface area contributed by atoms with E-state index in [-0.39, 0.29) is 16.5 Å². The summed E-state index contributed by atoms with van der Waals surface area (Å²) in [7, 11) is 0. The van der Waals surface area contributed by atoms with Crippen molar-refractivity contribution in [1.82, 2.24) is 0 Å². The van der Waals surface area contributed by atoms with E-state index in [9.17, 15) is 0 Å². The minimum Gasteiger partial charge on any atom is -0.252 e. The first-order valence-electron chi connectivity index (χ1n) is 31.0. The van der Waals surface area contributed by atoms with Crippen LogP contribution in [-0.4, -0.2) is 11.4 Å². The van der Waals surface area contributed by atoms with E-state index in [1.807, 2.05) is 0 Å². The van der Waals surface area contributed by atoms with Crippen LogP contribution in [0.15, 0.2) is 58.5 Å². The van der Waals surface area contributed by atoms with Crippen LogP contribution in [-0.2, 0) is 29.3 Å². The van der Waals surface area contributed by atoms with E-state index in [1.54, 1.807) is 0 Å². The van der Waals surface area contributed by atoms with Gasteiger partial charge in [0.2, 0.25) is 0 Å². The summed E-state index contributed by atoms with van der Waals surface area (Å²) >= 11 is 0. The number of benzene rings is 2. The van der Waals surface area contributed by atoms with Gasteiger partial charge in [0.15, 0.2) is 0 Å². The minimum atomic E-state index is 0. The molecule has 2 nitrogen and oxygen atoms in total. The summed E-state index contributed by atoms with van der Waals surface area (Å²) in [6, 6.07) is 18.5. The second-order valence-corrected chi connectivity index (χ2v) is 21.6. The van der Waals surface area contributed by atoms with Gasteiger partial charge in [-0.25, -0.2) is 0 Å². The molecule has 69 heavy (non-hydrogen) atoms. The SMILES string of the molecule is CCCCCCCCCCCCCCCCCCCCc1ccc(/N=C(CCCC)/C(CCCCCCCC)=N/c2ccc(CCCCCCCCCCCCCCCCCCCC)cc2)cc1.[Ni]. The van der Waals surface area contributed by atoms with Gasteiger partial charge in [-0.1, -0.05) is 309 Å². The predicted molar refractivity (Wildman–Crippen MR) is 310 cm³/mol. The second-order valence-electron chi connectivity index (χ2n) is 21.6. The molecule has 2 aromatic carbocycles. The van der Waals surface area contributed by atoms with Crippen molar-refractivity contribution in [2.75, 3.05) is 0 Å². The maximum absolute atomic E-state index is 5.38. The summed E-state index contributed by atoms with van der Waals surface area (Å²) in [4.78, 5) is 10.7. The fourth-order valence-electron chi connectivity index (χ4n) is 10.2. The zero-order valence-corrected chi connectivity index (χ0v) is 47.8. The monoisotopic (exact) mass is 995 g/mol. The van der Waals surface area contributed by atoms with Crippen molar-refractivity contribution < 1.29 is 16.5 Å². The van der Waals surface area contributed by atoms with E-state index in [0.29, 0.717) is 0 Å². The quantitative estimate of drug-likeness (QED) is 0.0358. The summed E-state index contributed by atoms with van der Waals surface area (Å²) in [5.41, 5.74) is 7.53. The Balaban J connectivity index is 0.0000238. The fourth-order valence-corrected chi connectivity index (χ4v) is 10.2. The minimum absolute atomic E-state index is 0. The van der Waals surface area contributed by atoms with Gasteiger partial charge in [0.25, 0.3) is 0 Å². The Bertz CT molecular complexity index is 1390. The molecule has 0 saturated carbocycles. The molecule has 0 aromatic heterocycles. The molecule has 0 aliphatic rings. The van der Waals surface area contributed by atoms with E-state index >= 15 is 0 Å². The molecule has 0 heterocycles. The van der Waals surface area contributed by atoms with Gasteiger partial charge < -0.3 is 0 Å². The summed E-state index contributed by atoms with van der Waals surface area (Å²) in [6.07, 6.45) is 66.0. The van der Waals surface area contributed by atoms with Gasteiger partial charge in [0.05, 0.1) is 22.8 Å². The van der Waals surface area contributed by atoms with E-state index < -0.39 is 0 Å². The number of aryl methyl sites for hydroxylation is 2. The van der Waals surface area contributed by atoms with Crippen molar-refractivity contribution in [2.24, 2.45) is 9.98 Å². The largest absolute Gasteiger partial charge is 0.252 e. The molecule has 0 saturated heterocycles. The van der Waals surface area contributed by atoms with E-state index in [2.05, 4.69) is 76.2 Å². The van der Waals surface area contributed by atoms with E-state index in [4.69, 9.17) is 9.98 Å². The number of nitrogens with zero attached hydrogens (tertiary/aromatic N) is 2. The summed E-state index contributed by atoms with van der Waals surface area (Å²) in [6.45, 7) is 9.23. The van der Waals surface area contributed by atoms with Crippen LogP contribution in [0, 0.1) is 0 Å². The van der Waals surface area contributed by atoms with Crippen LogP contribution >= 0.6 is 0 Å². The van der Waals surface area contributed by atoms with Crippen LogP contribution in [0.3, 0.4) is 0 Å². The third-order valence-corrected chi connectivity index (χ3v) is 14.9. The van der Waals surface area contributed by atoms with Crippen LogP contribution in [0.25, 0.3) is 0 Å². The van der Waals surface area contributed by atoms with Crippen molar-refractivity contribution in [2.45, 2.75) is 336 Å². The van der Waals surface area contributed by atoms with Gasteiger partial charge in [0.1, 0.15) is 0 Å². The first-order chi connectivity index (χ1) is 33.7. The Kier molecular flexibility index (Phi) is 48.4. The van der Waals surface area contributed by atoms with Crippen LogP contribution in [0.1, 0.15) is 334 Å². The molecule has 0 amide bonds. The summed E-state index contributed by atoms with van der Waals surface area (Å²) in [5, 5.41) is 0. The second kappa shape index (κ2) is 51.2. The van der Waals surface area contributed by atoms with Crippen molar-refractivity contribution in [3.8, 4) is 0 Å². The molecule has 0 fully saturated rings. The predicted octanol–water partition coefficient (Wildman–Crippen LogP) is 23.6. The zero-order chi connectivity index (χ0) is 48.5. The average molecular weight is 996 g/mol. The normalized spacial score (nSPS) is 12.0. The third kappa shape index (κ3) is 40.4. The molecule has 0 radical (unpaired) electrons. The Morgan fingerprint density at radius 3 is 0.696 bits per heavy atom. The fraction of sp³-hybridized carbons (Fsp3) is 0.788. The molecule has 0 aliphatic heterocycles. The van der Waals surface area contributed by atoms with Gasteiger partial charge in [-0.15, -0.1) is 0 Å². The molecule has 3 heteroatoms. The maximum atomic E-state index is 5.38. The van der Waals surface area contributed by atoms with E-state index in [1.165, 1.54) is 311 Å². The summed E-state index contributed by atoms with van der Waals surface area (Å²) < 4.78 is 0. The first kappa shape index (κ1) is 65.3. The van der Waals surface area contributed by atoms with E-state index in [0.717, 1.165) is 30.6 Å². The maximum Gasteiger partial charge on any atom is 0.0633 e. The topological polar surface area (TPSA) is 24.7 Å². The third-order valence-electron chi connectivity index (χ3n) is 14.9. The standard InChI is InChI=1S/C66H116N2.Ni/c1-5-9-13-16-19-21-23-25-27-29-31-33-35-37-39-41-43-46-49-61-53-57-63(58-54-61)67-65(51-12-8-4)66(52-48-45-18-15-11-7-3)68-64-59-55-62(56-60-64)50-47-44-42-40-38-36-34-32-30-28-26-24-22-20-17-14-10-6-2;/h53-60H,5-52H2,1-4H3;/b67-65+,68-66+;. The molecule has 0 N–H and O–H groups in total. The summed E-state index contributed by atoms with van der Waals surface area (Å²) in [5.74, 6) is 0. The Labute approximate surface area is 442 Å². The molecule has 0 bridgehead atoms. The van der Waals surface area contributed by atoms with Crippen molar-refractivity contribution in [3.63, 3.8) is 0 Å². The average Bonchev–Trinajstić information content (AvgIpc) is 3.36. The zero-order valence-electron chi connectivity index (χ0n) is 46.8. The molecule has 0 unspecified atom stereocenters. The molecular weight excluding hydrogens is 879 g/mol. The smallest absolute Gasteiger partial charge is 0.0633 e. The number of rotatable bonds is 51. The van der Waals surface area contributed by atoms with Crippen molar-refractivity contribution in [1.29, 1.82) is 0 Å². The molecule has 400 valence electrons. The van der Waals surface area contributed by atoms with Crippen LogP contribution < -0.4 is 0 Å². The number of aliphatic imine (C=N–C) groups is 2. The van der Waals surface area contributed by atoms with Crippen molar-refractivity contribution >= 4 is 22.8 Å². The Morgan fingerprint density at radius 2 is 0.449 bits per heavy atom. The van der Waals surface area contributed by atoms with Gasteiger partial charge in [0, 0.05) is 16.5 Å². The van der Waals surface area contributed by atoms with Gasteiger partial charge in [-0.3, -0.25) is 9.98 Å². The molecule has 0 spiro atoms. The van der Waals surface area contributed by atoms with Gasteiger partial charge >= 0.3 is 0 Å². The molecule has 0 aliphatic carbocycles. The Morgan fingerprint density at radius 1 is 0.246 bits per heavy atom. The number of hydrogen-bond donors (Lipinski definition) is 0. The van der Waals surface area contributed by atoms with Crippen LogP contribution in [0.4, 0.5) is 11.4 Å². The van der Waals surface area contributed by atoms with Gasteiger partial charge in [-0.05, 0) is 86.8 Å². The number of hydrogen-bond acceptors (Lipinski definition) is 2. The van der Waals surface area contributed by atoms with Crippen LogP contribution in [0.2, 0.25) is 0 Å². The molecular formula is C66H116N2Ni. The first-order valence-corrected chi connectivity index (χ1v) is 31.0. The molecule has 2 rings (SSSR count). The Hall–Kier alpha value is -1.73.